The van der Waals surface area contributed by atoms with Crippen molar-refractivity contribution in [2.75, 3.05) is 13.7 Å². The number of para-hydroxylation sites is 1. The number of nitrogens with one attached hydrogen (secondary N) is 1. The second-order valence-electron chi connectivity index (χ2n) is 8.05. The van der Waals surface area contributed by atoms with Gasteiger partial charge in [-0.2, -0.15) is 0 Å². The van der Waals surface area contributed by atoms with Gasteiger partial charge in [-0.15, -0.1) is 0 Å². The van der Waals surface area contributed by atoms with Gasteiger partial charge in [0.05, 0.1) is 25.1 Å². The number of hydrogen-bond donors (Lipinski definition) is 1. The number of methoxy groups -OCH3 is 1. The number of rotatable bonds is 8. The van der Waals surface area contributed by atoms with Crippen molar-refractivity contribution < 1.29 is 18.7 Å². The molecule has 0 saturated carbocycles. The summed E-state index contributed by atoms with van der Waals surface area (Å²) in [5.74, 6) is -0.0700. The highest BCUT2D eigenvalue weighted by molar-refractivity contribution is 5.85. The number of ether oxygens (including phenoxy) is 1. The quantitative estimate of drug-likeness (QED) is 0.660. The van der Waals surface area contributed by atoms with Crippen LogP contribution in [0.15, 0.2) is 48.5 Å². The Hall–Kier alpha value is -2.89. The zero-order chi connectivity index (χ0) is 22.4. The fourth-order valence-electron chi connectivity index (χ4n) is 4.27. The first-order chi connectivity index (χ1) is 15.0. The first-order valence-electron chi connectivity index (χ1n) is 10.9. The summed E-state index contributed by atoms with van der Waals surface area (Å²) >= 11 is 0. The van der Waals surface area contributed by atoms with E-state index in [0.29, 0.717) is 25.1 Å². The maximum Gasteiger partial charge on any atom is 0.226 e. The maximum absolute atomic E-state index is 13.4. The molecular formula is C25H31FN2O3. The van der Waals surface area contributed by atoms with Crippen molar-refractivity contribution in [3.63, 3.8) is 0 Å². The molecule has 0 spiro atoms. The lowest BCUT2D eigenvalue weighted by atomic mass is 9.82. The molecule has 166 valence electrons. The number of amides is 2. The molecule has 0 aliphatic carbocycles. The number of carbonyl (C=O) groups is 2. The lowest BCUT2D eigenvalue weighted by Gasteiger charge is -2.41. The van der Waals surface area contributed by atoms with Crippen LogP contribution in [0.4, 0.5) is 4.39 Å². The van der Waals surface area contributed by atoms with Gasteiger partial charge in [0.25, 0.3) is 0 Å². The van der Waals surface area contributed by atoms with Crippen LogP contribution in [0.2, 0.25) is 0 Å². The van der Waals surface area contributed by atoms with Gasteiger partial charge in [-0.05, 0) is 43.5 Å². The first kappa shape index (κ1) is 22.8. The highest BCUT2D eigenvalue weighted by Crippen LogP contribution is 2.41. The number of unbranched alkanes of at least 4 members (excludes halogenated alkanes) is 1. The minimum atomic E-state index is -0.395. The van der Waals surface area contributed by atoms with E-state index >= 15 is 0 Å². The molecule has 3 atom stereocenters. The van der Waals surface area contributed by atoms with Gasteiger partial charge in [-0.25, -0.2) is 4.39 Å². The van der Waals surface area contributed by atoms with Crippen LogP contribution in [0.5, 0.6) is 5.75 Å². The predicted molar refractivity (Wildman–Crippen MR) is 118 cm³/mol. The van der Waals surface area contributed by atoms with E-state index in [1.807, 2.05) is 36.1 Å². The van der Waals surface area contributed by atoms with E-state index in [1.54, 1.807) is 19.2 Å². The van der Waals surface area contributed by atoms with Crippen molar-refractivity contribution in [1.82, 2.24) is 10.2 Å². The van der Waals surface area contributed by atoms with Crippen molar-refractivity contribution in [3.8, 4) is 5.75 Å². The van der Waals surface area contributed by atoms with Gasteiger partial charge in [-0.3, -0.25) is 9.59 Å². The van der Waals surface area contributed by atoms with Crippen LogP contribution in [-0.2, 0) is 9.59 Å². The van der Waals surface area contributed by atoms with Crippen molar-refractivity contribution in [2.45, 2.75) is 51.6 Å². The monoisotopic (exact) mass is 426 g/mol. The summed E-state index contributed by atoms with van der Waals surface area (Å²) in [5, 5.41) is 3.07. The van der Waals surface area contributed by atoms with E-state index in [2.05, 4.69) is 12.2 Å². The Morgan fingerprint density at radius 1 is 1.23 bits per heavy atom. The molecule has 1 aliphatic rings. The van der Waals surface area contributed by atoms with Crippen molar-refractivity contribution in [1.29, 1.82) is 0 Å². The van der Waals surface area contributed by atoms with Gasteiger partial charge >= 0.3 is 0 Å². The minimum absolute atomic E-state index is 0.0694. The Labute approximate surface area is 183 Å². The molecule has 1 N–H and O–H groups in total. The van der Waals surface area contributed by atoms with Crippen LogP contribution in [0.1, 0.15) is 62.7 Å². The summed E-state index contributed by atoms with van der Waals surface area (Å²) in [7, 11) is 1.60. The molecular weight excluding hydrogens is 395 g/mol. The van der Waals surface area contributed by atoms with E-state index in [0.717, 1.165) is 24.0 Å². The molecule has 0 radical (unpaired) electrons. The van der Waals surface area contributed by atoms with Crippen molar-refractivity contribution in [3.05, 3.63) is 65.5 Å². The van der Waals surface area contributed by atoms with Crippen LogP contribution in [-0.4, -0.2) is 30.4 Å². The average Bonchev–Trinajstić information content (AvgIpc) is 2.78. The van der Waals surface area contributed by atoms with Crippen LogP contribution < -0.4 is 10.1 Å². The Morgan fingerprint density at radius 2 is 1.94 bits per heavy atom. The molecule has 1 saturated heterocycles. The molecule has 1 heterocycles. The van der Waals surface area contributed by atoms with E-state index in [4.69, 9.17) is 4.74 Å². The smallest absolute Gasteiger partial charge is 0.226 e. The van der Waals surface area contributed by atoms with Crippen molar-refractivity contribution in [2.24, 2.45) is 5.92 Å². The number of hydrogen-bond acceptors (Lipinski definition) is 3. The number of halogens is 1. The summed E-state index contributed by atoms with van der Waals surface area (Å²) in [6.45, 7) is 4.57. The second kappa shape index (κ2) is 10.4. The fourth-order valence-corrected chi connectivity index (χ4v) is 4.27. The maximum atomic E-state index is 13.4. The molecule has 3 rings (SSSR count). The van der Waals surface area contributed by atoms with Crippen LogP contribution in [0, 0.1) is 11.7 Å². The summed E-state index contributed by atoms with van der Waals surface area (Å²) in [6.07, 6.45) is 2.66. The summed E-state index contributed by atoms with van der Waals surface area (Å²) < 4.78 is 18.8. The SMILES string of the molecule is CCCCN1C(=O)CCC(C(=O)NC(C)c2ccc(F)cc2)C1c1ccccc1OC. The molecule has 6 heteroatoms. The predicted octanol–water partition coefficient (Wildman–Crippen LogP) is 4.79. The molecule has 0 bridgehead atoms. The molecule has 31 heavy (non-hydrogen) atoms. The molecule has 3 unspecified atom stereocenters. The Kier molecular flexibility index (Phi) is 7.66. The second-order valence-corrected chi connectivity index (χ2v) is 8.05. The summed E-state index contributed by atoms with van der Waals surface area (Å²) in [6, 6.07) is 13.1. The lowest BCUT2D eigenvalue weighted by Crippen LogP contribution is -2.48. The minimum Gasteiger partial charge on any atom is -0.496 e. The topological polar surface area (TPSA) is 58.6 Å². The molecule has 2 aromatic rings. The zero-order valence-electron chi connectivity index (χ0n) is 18.4. The summed E-state index contributed by atoms with van der Waals surface area (Å²) in [4.78, 5) is 28.1. The van der Waals surface area contributed by atoms with Gasteiger partial charge in [0.2, 0.25) is 11.8 Å². The van der Waals surface area contributed by atoms with Gasteiger partial charge < -0.3 is 15.0 Å². The summed E-state index contributed by atoms with van der Waals surface area (Å²) in [5.41, 5.74) is 1.68. The number of carbonyl (C=O) groups excluding carboxylic acids is 2. The van der Waals surface area contributed by atoms with Crippen LogP contribution >= 0.6 is 0 Å². The van der Waals surface area contributed by atoms with E-state index in [9.17, 15) is 14.0 Å². The molecule has 2 aromatic carbocycles. The zero-order valence-corrected chi connectivity index (χ0v) is 18.4. The standard InChI is InChI=1S/C25H31FN2O3/c1-4-5-16-28-23(29)15-14-21(24(28)20-8-6-7-9-22(20)31-3)25(30)27-17(2)18-10-12-19(26)13-11-18/h6-13,17,21,24H,4-5,14-16H2,1-3H3,(H,27,30). The highest BCUT2D eigenvalue weighted by Gasteiger charge is 2.41. The Bertz CT molecular complexity index is 900. The molecule has 1 aliphatic heterocycles. The number of piperidine rings is 1. The Balaban J connectivity index is 1.90. The molecule has 1 fully saturated rings. The van der Waals surface area contributed by atoms with Crippen LogP contribution in [0.3, 0.4) is 0 Å². The third-order valence-corrected chi connectivity index (χ3v) is 5.98. The normalized spacial score (nSPS) is 19.7. The number of nitrogens with zero attached hydrogens (tertiary/aromatic N) is 1. The third-order valence-electron chi connectivity index (χ3n) is 5.98. The number of benzene rings is 2. The van der Waals surface area contributed by atoms with Gasteiger partial charge in [-0.1, -0.05) is 43.7 Å². The van der Waals surface area contributed by atoms with E-state index in [-0.39, 0.29) is 29.7 Å². The van der Waals surface area contributed by atoms with E-state index < -0.39 is 5.92 Å². The van der Waals surface area contributed by atoms with Crippen molar-refractivity contribution >= 4 is 11.8 Å². The van der Waals surface area contributed by atoms with Gasteiger partial charge in [0.1, 0.15) is 11.6 Å². The van der Waals surface area contributed by atoms with Crippen LogP contribution in [0.25, 0.3) is 0 Å². The highest BCUT2D eigenvalue weighted by atomic mass is 19.1. The molecule has 0 aromatic heterocycles. The molecule has 5 nitrogen and oxygen atoms in total. The Morgan fingerprint density at radius 3 is 2.61 bits per heavy atom. The largest absolute Gasteiger partial charge is 0.496 e. The van der Waals surface area contributed by atoms with Gasteiger partial charge in [0, 0.05) is 18.5 Å². The molecule has 2 amide bonds. The lowest BCUT2D eigenvalue weighted by molar-refractivity contribution is -0.143. The van der Waals surface area contributed by atoms with E-state index in [1.165, 1.54) is 12.1 Å². The average molecular weight is 427 g/mol. The fraction of sp³-hybridized carbons (Fsp3) is 0.440. The third kappa shape index (κ3) is 5.24. The number of likely N-dealkylation sites (tertiary alicyclic amines) is 1. The van der Waals surface area contributed by atoms with Gasteiger partial charge in [0.15, 0.2) is 0 Å². The first-order valence-corrected chi connectivity index (χ1v) is 10.9.